The summed E-state index contributed by atoms with van der Waals surface area (Å²) < 4.78 is 5.74. The smallest absolute Gasteiger partial charge is 0.168 e. The van der Waals surface area contributed by atoms with Crippen molar-refractivity contribution < 1.29 is 9.53 Å². The SMILES string of the molecule is CCN(CCOC)c1ccc(C=O)nc1Br. The second kappa shape index (κ2) is 6.60. The Balaban J connectivity index is 2.87. The quantitative estimate of drug-likeness (QED) is 0.594. The molecule has 0 bridgehead atoms. The first-order valence-corrected chi connectivity index (χ1v) is 5.87. The van der Waals surface area contributed by atoms with E-state index in [2.05, 4.69) is 32.7 Å². The summed E-state index contributed by atoms with van der Waals surface area (Å²) in [5.74, 6) is 0. The van der Waals surface area contributed by atoms with Gasteiger partial charge in [-0.2, -0.15) is 0 Å². The van der Waals surface area contributed by atoms with Crippen molar-refractivity contribution in [2.75, 3.05) is 31.7 Å². The molecule has 1 heterocycles. The summed E-state index contributed by atoms with van der Waals surface area (Å²) in [5.41, 5.74) is 1.41. The number of likely N-dealkylation sites (N-methyl/N-ethyl adjacent to an activating group) is 1. The van der Waals surface area contributed by atoms with E-state index in [0.717, 1.165) is 25.1 Å². The van der Waals surface area contributed by atoms with Gasteiger partial charge in [-0.25, -0.2) is 4.98 Å². The van der Waals surface area contributed by atoms with Crippen molar-refractivity contribution in [2.45, 2.75) is 6.92 Å². The van der Waals surface area contributed by atoms with Gasteiger partial charge >= 0.3 is 0 Å². The van der Waals surface area contributed by atoms with Gasteiger partial charge < -0.3 is 9.64 Å². The van der Waals surface area contributed by atoms with Gasteiger partial charge in [-0.3, -0.25) is 4.79 Å². The molecule has 0 aromatic carbocycles. The monoisotopic (exact) mass is 286 g/mol. The molecule has 0 unspecified atom stereocenters. The number of carbonyl (C=O) groups excluding carboxylic acids is 1. The lowest BCUT2D eigenvalue weighted by atomic mass is 10.3. The summed E-state index contributed by atoms with van der Waals surface area (Å²) >= 11 is 3.37. The van der Waals surface area contributed by atoms with Crippen LogP contribution in [-0.2, 0) is 4.74 Å². The van der Waals surface area contributed by atoms with Crippen LogP contribution in [0.5, 0.6) is 0 Å². The minimum absolute atomic E-state index is 0.429. The van der Waals surface area contributed by atoms with Gasteiger partial charge in [0.25, 0.3) is 0 Å². The number of halogens is 1. The highest BCUT2D eigenvalue weighted by molar-refractivity contribution is 9.10. The zero-order valence-electron chi connectivity index (χ0n) is 9.44. The normalized spacial score (nSPS) is 10.2. The van der Waals surface area contributed by atoms with Crippen molar-refractivity contribution in [2.24, 2.45) is 0 Å². The van der Waals surface area contributed by atoms with E-state index in [0.29, 0.717) is 16.9 Å². The Morgan fingerprint density at radius 3 is 2.81 bits per heavy atom. The van der Waals surface area contributed by atoms with E-state index >= 15 is 0 Å². The highest BCUT2D eigenvalue weighted by Crippen LogP contribution is 2.23. The Labute approximate surface area is 104 Å². The Morgan fingerprint density at radius 2 is 2.31 bits per heavy atom. The van der Waals surface area contributed by atoms with Crippen LogP contribution in [0, 0.1) is 0 Å². The molecule has 16 heavy (non-hydrogen) atoms. The van der Waals surface area contributed by atoms with E-state index in [-0.39, 0.29) is 0 Å². The molecule has 0 spiro atoms. The maximum atomic E-state index is 10.6. The third kappa shape index (κ3) is 3.28. The minimum atomic E-state index is 0.429. The second-order valence-corrected chi connectivity index (χ2v) is 3.99. The van der Waals surface area contributed by atoms with E-state index in [4.69, 9.17) is 4.74 Å². The number of hydrogen-bond donors (Lipinski definition) is 0. The predicted octanol–water partition coefficient (Wildman–Crippen LogP) is 2.13. The van der Waals surface area contributed by atoms with Crippen LogP contribution in [0.15, 0.2) is 16.7 Å². The average Bonchev–Trinajstić information content (AvgIpc) is 2.31. The van der Waals surface area contributed by atoms with E-state index in [1.807, 2.05) is 6.07 Å². The van der Waals surface area contributed by atoms with Crippen LogP contribution >= 0.6 is 15.9 Å². The molecule has 88 valence electrons. The van der Waals surface area contributed by atoms with Crippen molar-refractivity contribution in [3.8, 4) is 0 Å². The number of aromatic nitrogens is 1. The molecule has 5 heteroatoms. The van der Waals surface area contributed by atoms with Gasteiger partial charge in [0, 0.05) is 20.2 Å². The molecule has 0 amide bonds. The van der Waals surface area contributed by atoms with Crippen LogP contribution in [-0.4, -0.2) is 38.1 Å². The van der Waals surface area contributed by atoms with Crippen LogP contribution in [0.25, 0.3) is 0 Å². The van der Waals surface area contributed by atoms with Gasteiger partial charge in [-0.1, -0.05) is 0 Å². The molecule has 4 nitrogen and oxygen atoms in total. The molecule has 1 aromatic rings. The molecule has 1 aromatic heterocycles. The maximum absolute atomic E-state index is 10.6. The van der Waals surface area contributed by atoms with Crippen LogP contribution in [0.4, 0.5) is 5.69 Å². The standard InChI is InChI=1S/C11H15BrN2O2/c1-3-14(6-7-16-2)10-5-4-9(8-15)13-11(10)12/h4-5,8H,3,6-7H2,1-2H3. The minimum Gasteiger partial charge on any atom is -0.383 e. The molecule has 0 saturated carbocycles. The summed E-state index contributed by atoms with van der Waals surface area (Å²) in [7, 11) is 1.68. The molecule has 0 aliphatic carbocycles. The summed E-state index contributed by atoms with van der Waals surface area (Å²) in [6, 6.07) is 3.60. The Bertz CT molecular complexity index is 358. The lowest BCUT2D eigenvalue weighted by Crippen LogP contribution is -2.27. The highest BCUT2D eigenvalue weighted by Gasteiger charge is 2.09. The maximum Gasteiger partial charge on any atom is 0.168 e. The second-order valence-electron chi connectivity index (χ2n) is 3.24. The van der Waals surface area contributed by atoms with Gasteiger partial charge in [0.2, 0.25) is 0 Å². The lowest BCUT2D eigenvalue weighted by Gasteiger charge is -2.23. The number of ether oxygens (including phenoxy) is 1. The van der Waals surface area contributed by atoms with Crippen molar-refractivity contribution in [3.05, 3.63) is 22.4 Å². The van der Waals surface area contributed by atoms with Crippen LogP contribution < -0.4 is 4.90 Å². The fraction of sp³-hybridized carbons (Fsp3) is 0.455. The summed E-state index contributed by atoms with van der Waals surface area (Å²) in [5, 5.41) is 0. The van der Waals surface area contributed by atoms with Gasteiger partial charge in [0.1, 0.15) is 10.3 Å². The number of aldehydes is 1. The number of rotatable bonds is 6. The van der Waals surface area contributed by atoms with Crippen molar-refractivity contribution in [1.29, 1.82) is 0 Å². The summed E-state index contributed by atoms with van der Waals surface area (Å²) in [6.45, 7) is 4.39. The van der Waals surface area contributed by atoms with Crippen LogP contribution in [0.2, 0.25) is 0 Å². The van der Waals surface area contributed by atoms with E-state index in [9.17, 15) is 4.79 Å². The fourth-order valence-electron chi connectivity index (χ4n) is 1.39. The van der Waals surface area contributed by atoms with Crippen LogP contribution in [0.3, 0.4) is 0 Å². The van der Waals surface area contributed by atoms with Gasteiger partial charge in [0.15, 0.2) is 6.29 Å². The third-order valence-corrected chi connectivity index (χ3v) is 2.84. The van der Waals surface area contributed by atoms with Crippen LogP contribution in [0.1, 0.15) is 17.4 Å². The largest absolute Gasteiger partial charge is 0.383 e. The number of methoxy groups -OCH3 is 1. The number of hydrogen-bond acceptors (Lipinski definition) is 4. The summed E-state index contributed by atoms with van der Waals surface area (Å²) in [6.07, 6.45) is 0.736. The van der Waals surface area contributed by atoms with Crippen molar-refractivity contribution in [3.63, 3.8) is 0 Å². The highest BCUT2D eigenvalue weighted by atomic mass is 79.9. The van der Waals surface area contributed by atoms with E-state index < -0.39 is 0 Å². The molecule has 0 fully saturated rings. The number of anilines is 1. The van der Waals surface area contributed by atoms with E-state index in [1.54, 1.807) is 13.2 Å². The molecule has 0 saturated heterocycles. The van der Waals surface area contributed by atoms with Crippen molar-refractivity contribution in [1.82, 2.24) is 4.98 Å². The Morgan fingerprint density at radius 1 is 1.56 bits per heavy atom. The first-order valence-electron chi connectivity index (χ1n) is 5.08. The zero-order chi connectivity index (χ0) is 12.0. The zero-order valence-corrected chi connectivity index (χ0v) is 11.0. The van der Waals surface area contributed by atoms with Crippen molar-refractivity contribution >= 4 is 27.9 Å². The molecular weight excluding hydrogens is 272 g/mol. The summed E-state index contributed by atoms with van der Waals surface area (Å²) in [4.78, 5) is 16.8. The van der Waals surface area contributed by atoms with E-state index in [1.165, 1.54) is 0 Å². The average molecular weight is 287 g/mol. The number of carbonyl (C=O) groups is 1. The Kier molecular flexibility index (Phi) is 5.42. The number of nitrogens with zero attached hydrogens (tertiary/aromatic N) is 2. The number of pyridine rings is 1. The first-order chi connectivity index (χ1) is 7.72. The van der Waals surface area contributed by atoms with Gasteiger partial charge in [-0.05, 0) is 35.0 Å². The van der Waals surface area contributed by atoms with Gasteiger partial charge in [-0.15, -0.1) is 0 Å². The molecular formula is C11H15BrN2O2. The molecule has 1 rings (SSSR count). The molecule has 0 N–H and O–H groups in total. The Hall–Kier alpha value is -0.940. The molecule has 0 radical (unpaired) electrons. The van der Waals surface area contributed by atoms with Gasteiger partial charge in [0.05, 0.1) is 12.3 Å². The third-order valence-electron chi connectivity index (χ3n) is 2.26. The molecule has 0 atom stereocenters. The molecule has 0 aliphatic rings. The fourth-order valence-corrected chi connectivity index (χ4v) is 1.98. The predicted molar refractivity (Wildman–Crippen MR) is 67.1 cm³/mol. The first kappa shape index (κ1) is 13.1. The lowest BCUT2D eigenvalue weighted by molar-refractivity contribution is 0.111. The topological polar surface area (TPSA) is 42.4 Å². The molecule has 0 aliphatic heterocycles.